The first-order valence-corrected chi connectivity index (χ1v) is 7.19. The number of benzene rings is 1. The van der Waals surface area contributed by atoms with Gasteiger partial charge in [0.1, 0.15) is 16.5 Å². The summed E-state index contributed by atoms with van der Waals surface area (Å²) in [5.74, 6) is -0.987. The average molecular weight is 314 g/mol. The molecule has 0 saturated heterocycles. The van der Waals surface area contributed by atoms with E-state index in [0.29, 0.717) is 5.13 Å². The van der Waals surface area contributed by atoms with Crippen LogP contribution in [-0.4, -0.2) is 15.8 Å². The first-order chi connectivity index (χ1) is 10.6. The number of nitrogen functional groups attached to an aromatic ring is 1. The van der Waals surface area contributed by atoms with Crippen LogP contribution in [-0.2, 0) is 0 Å². The Labute approximate surface area is 129 Å². The smallest absolute Gasteiger partial charge is 0.209 e. The Morgan fingerprint density at radius 1 is 1.23 bits per heavy atom. The second-order valence-electron chi connectivity index (χ2n) is 4.41. The second-order valence-corrected chi connectivity index (χ2v) is 5.41. The van der Waals surface area contributed by atoms with E-state index in [0.717, 1.165) is 17.0 Å². The van der Waals surface area contributed by atoms with Crippen molar-refractivity contribution in [1.29, 1.82) is 0 Å². The third-order valence-corrected chi connectivity index (χ3v) is 3.88. The molecule has 2 aromatic heterocycles. The Morgan fingerprint density at radius 2 is 2.05 bits per heavy atom. The Morgan fingerprint density at radius 3 is 2.77 bits per heavy atom. The molecular weight excluding hydrogens is 303 g/mol. The Balaban J connectivity index is 1.90. The van der Waals surface area contributed by atoms with Gasteiger partial charge in [-0.15, -0.1) is 0 Å². The van der Waals surface area contributed by atoms with Crippen LogP contribution in [0.4, 0.5) is 21.0 Å². The van der Waals surface area contributed by atoms with Crippen molar-refractivity contribution >= 4 is 33.8 Å². The number of hydrogen-bond donors (Lipinski definition) is 2. The average Bonchev–Trinajstić information content (AvgIpc) is 2.88. The summed E-state index contributed by atoms with van der Waals surface area (Å²) in [7, 11) is 0. The highest BCUT2D eigenvalue weighted by atomic mass is 32.1. The summed E-state index contributed by atoms with van der Waals surface area (Å²) in [4.78, 5) is 20.6. The molecule has 0 atom stereocenters. The predicted octanol–water partition coefficient (Wildman–Crippen LogP) is 3.23. The van der Waals surface area contributed by atoms with Crippen LogP contribution < -0.4 is 11.1 Å². The minimum absolute atomic E-state index is 0.0224. The first kappa shape index (κ1) is 14.2. The molecule has 0 radical (unpaired) electrons. The largest absolute Gasteiger partial charge is 0.382 e. The van der Waals surface area contributed by atoms with Gasteiger partial charge in [-0.2, -0.15) is 0 Å². The number of nitrogens with one attached hydrogen (secondary N) is 1. The summed E-state index contributed by atoms with van der Waals surface area (Å²) in [5.41, 5.74) is 6.48. The lowest BCUT2D eigenvalue weighted by Crippen LogP contribution is -2.04. The van der Waals surface area contributed by atoms with Crippen LogP contribution >= 0.6 is 11.3 Å². The van der Waals surface area contributed by atoms with Gasteiger partial charge in [0.05, 0.1) is 17.4 Å². The highest BCUT2D eigenvalue weighted by molar-refractivity contribution is 7.18. The molecule has 2 heterocycles. The molecule has 3 rings (SSSR count). The van der Waals surface area contributed by atoms with Gasteiger partial charge in [0.25, 0.3) is 0 Å². The summed E-state index contributed by atoms with van der Waals surface area (Å²) in [5, 5.41) is 3.45. The van der Waals surface area contributed by atoms with Gasteiger partial charge in [0, 0.05) is 6.20 Å². The maximum atomic E-state index is 13.7. The molecule has 0 spiro atoms. The molecule has 0 amide bonds. The number of thiazole rings is 1. The summed E-state index contributed by atoms with van der Waals surface area (Å²) in [6, 6.07) is 9.36. The minimum atomic E-state index is -0.581. The zero-order valence-corrected chi connectivity index (χ0v) is 12.1. The number of aromatic nitrogens is 2. The van der Waals surface area contributed by atoms with Gasteiger partial charge < -0.3 is 11.1 Å². The molecule has 3 N–H and O–H groups in total. The van der Waals surface area contributed by atoms with Crippen molar-refractivity contribution in [3.8, 4) is 0 Å². The van der Waals surface area contributed by atoms with Gasteiger partial charge in [-0.3, -0.25) is 9.78 Å². The Bertz CT molecular complexity index is 819. The molecule has 0 unspecified atom stereocenters. The SMILES string of the molecule is Nc1nc(Nc2cccnc2)sc1C(=O)c1ccccc1F. The monoisotopic (exact) mass is 314 g/mol. The number of nitrogens with zero attached hydrogens (tertiary/aromatic N) is 2. The van der Waals surface area contributed by atoms with Crippen molar-refractivity contribution in [2.24, 2.45) is 0 Å². The van der Waals surface area contributed by atoms with Crippen LogP contribution in [0.25, 0.3) is 0 Å². The molecule has 1 aromatic carbocycles. The molecule has 0 aliphatic rings. The third-order valence-electron chi connectivity index (χ3n) is 2.89. The maximum absolute atomic E-state index is 13.7. The van der Waals surface area contributed by atoms with Gasteiger partial charge in [-0.05, 0) is 24.3 Å². The Kier molecular flexibility index (Phi) is 3.80. The van der Waals surface area contributed by atoms with E-state index in [1.54, 1.807) is 24.5 Å². The number of anilines is 3. The second kappa shape index (κ2) is 5.90. The lowest BCUT2D eigenvalue weighted by atomic mass is 10.1. The van der Waals surface area contributed by atoms with Gasteiger partial charge in [0.15, 0.2) is 5.13 Å². The van der Waals surface area contributed by atoms with E-state index >= 15 is 0 Å². The normalized spacial score (nSPS) is 10.4. The van der Waals surface area contributed by atoms with E-state index in [2.05, 4.69) is 15.3 Å². The highest BCUT2D eigenvalue weighted by Crippen LogP contribution is 2.29. The van der Waals surface area contributed by atoms with E-state index in [1.807, 2.05) is 6.07 Å². The van der Waals surface area contributed by atoms with E-state index in [-0.39, 0.29) is 16.3 Å². The molecule has 0 aliphatic heterocycles. The fraction of sp³-hybridized carbons (Fsp3) is 0. The summed E-state index contributed by atoms with van der Waals surface area (Å²) < 4.78 is 13.7. The Hall–Kier alpha value is -2.80. The van der Waals surface area contributed by atoms with E-state index < -0.39 is 11.6 Å². The molecule has 7 heteroatoms. The standard InChI is InChI=1S/C15H11FN4OS/c16-11-6-2-1-5-10(11)12(21)13-14(17)20-15(22-13)19-9-4-3-7-18-8-9/h1-8H,17H2,(H,19,20). The third kappa shape index (κ3) is 2.79. The minimum Gasteiger partial charge on any atom is -0.382 e. The summed E-state index contributed by atoms with van der Waals surface area (Å²) in [6.07, 6.45) is 3.27. The van der Waals surface area contributed by atoms with Crippen LogP contribution in [0.5, 0.6) is 0 Å². The fourth-order valence-corrected chi connectivity index (χ4v) is 2.74. The molecule has 22 heavy (non-hydrogen) atoms. The molecule has 0 saturated carbocycles. The zero-order valence-electron chi connectivity index (χ0n) is 11.3. The number of ketones is 1. The highest BCUT2D eigenvalue weighted by Gasteiger charge is 2.20. The maximum Gasteiger partial charge on any atom is 0.209 e. The van der Waals surface area contributed by atoms with Crippen LogP contribution in [0, 0.1) is 5.82 Å². The summed E-state index contributed by atoms with van der Waals surface area (Å²) in [6.45, 7) is 0. The van der Waals surface area contributed by atoms with Crippen molar-refractivity contribution in [2.45, 2.75) is 0 Å². The van der Waals surface area contributed by atoms with Crippen LogP contribution in [0.15, 0.2) is 48.8 Å². The molecule has 3 aromatic rings. The van der Waals surface area contributed by atoms with Crippen LogP contribution in [0.3, 0.4) is 0 Å². The quantitative estimate of drug-likeness (QED) is 0.723. The van der Waals surface area contributed by atoms with Crippen molar-refractivity contribution in [3.05, 3.63) is 65.0 Å². The molecule has 5 nitrogen and oxygen atoms in total. The van der Waals surface area contributed by atoms with Crippen LogP contribution in [0.1, 0.15) is 15.2 Å². The van der Waals surface area contributed by atoms with E-state index in [4.69, 9.17) is 5.73 Å². The van der Waals surface area contributed by atoms with E-state index in [9.17, 15) is 9.18 Å². The molecule has 0 aliphatic carbocycles. The lowest BCUT2D eigenvalue weighted by Gasteiger charge is -2.00. The molecular formula is C15H11FN4OS. The topological polar surface area (TPSA) is 80.9 Å². The van der Waals surface area contributed by atoms with Gasteiger partial charge in [0.2, 0.25) is 5.78 Å². The number of carbonyl (C=O) groups is 1. The van der Waals surface area contributed by atoms with Gasteiger partial charge in [-0.25, -0.2) is 9.37 Å². The zero-order chi connectivity index (χ0) is 15.5. The number of carbonyl (C=O) groups excluding carboxylic acids is 1. The molecule has 110 valence electrons. The number of pyridine rings is 1. The predicted molar refractivity (Wildman–Crippen MR) is 83.9 cm³/mol. The van der Waals surface area contributed by atoms with E-state index in [1.165, 1.54) is 18.2 Å². The van der Waals surface area contributed by atoms with Gasteiger partial charge in [-0.1, -0.05) is 23.5 Å². The van der Waals surface area contributed by atoms with Crippen molar-refractivity contribution < 1.29 is 9.18 Å². The molecule has 0 fully saturated rings. The fourth-order valence-electron chi connectivity index (χ4n) is 1.88. The van der Waals surface area contributed by atoms with Crippen molar-refractivity contribution in [1.82, 2.24) is 9.97 Å². The number of halogens is 1. The summed E-state index contributed by atoms with van der Waals surface area (Å²) >= 11 is 1.07. The lowest BCUT2D eigenvalue weighted by molar-refractivity contribution is 0.103. The number of hydrogen-bond acceptors (Lipinski definition) is 6. The first-order valence-electron chi connectivity index (χ1n) is 6.38. The number of nitrogens with two attached hydrogens (primary N) is 1. The van der Waals surface area contributed by atoms with Crippen molar-refractivity contribution in [3.63, 3.8) is 0 Å². The molecule has 0 bridgehead atoms. The van der Waals surface area contributed by atoms with Gasteiger partial charge >= 0.3 is 0 Å². The van der Waals surface area contributed by atoms with Crippen molar-refractivity contribution in [2.75, 3.05) is 11.1 Å². The number of rotatable bonds is 4. The van der Waals surface area contributed by atoms with Crippen LogP contribution in [0.2, 0.25) is 0 Å².